The van der Waals surface area contributed by atoms with Crippen molar-refractivity contribution in [3.05, 3.63) is 24.3 Å². The Morgan fingerprint density at radius 3 is 2.56 bits per heavy atom. The molecule has 1 amide bonds. The van der Waals surface area contributed by atoms with Crippen LogP contribution in [0.3, 0.4) is 0 Å². The van der Waals surface area contributed by atoms with E-state index >= 15 is 0 Å². The van der Waals surface area contributed by atoms with Gasteiger partial charge in [-0.05, 0) is 31.3 Å². The van der Waals surface area contributed by atoms with Gasteiger partial charge in [0.2, 0.25) is 5.91 Å². The molecule has 2 N–H and O–H groups in total. The first kappa shape index (κ1) is 14.4. The van der Waals surface area contributed by atoms with Gasteiger partial charge in [-0.15, -0.1) is 0 Å². The molecule has 6 heteroatoms. The maximum Gasteiger partial charge on any atom is 0.272 e. The van der Waals surface area contributed by atoms with E-state index in [1.54, 1.807) is 19.2 Å². The van der Waals surface area contributed by atoms with Crippen LogP contribution < -0.4 is 15.4 Å². The normalized spacial score (nSPS) is 10.4. The zero-order valence-corrected chi connectivity index (χ0v) is 10.1. The third kappa shape index (κ3) is 5.58. The smallest absolute Gasteiger partial charge is 0.272 e. The summed E-state index contributed by atoms with van der Waals surface area (Å²) >= 11 is 0. The Morgan fingerprint density at radius 1 is 1.33 bits per heavy atom. The molecule has 100 valence electrons. The molecule has 0 radical (unpaired) electrons. The number of benzene rings is 1. The molecule has 0 heterocycles. The van der Waals surface area contributed by atoms with Gasteiger partial charge in [-0.2, -0.15) is 0 Å². The highest BCUT2D eigenvalue weighted by molar-refractivity contribution is 5.90. The maximum absolute atomic E-state index is 11.9. The highest BCUT2D eigenvalue weighted by atomic mass is 19.3. The molecule has 4 nitrogen and oxygen atoms in total. The quantitative estimate of drug-likeness (QED) is 0.785. The van der Waals surface area contributed by atoms with E-state index in [4.69, 9.17) is 4.74 Å². The van der Waals surface area contributed by atoms with Crippen LogP contribution in [-0.4, -0.2) is 32.5 Å². The molecule has 0 aliphatic rings. The van der Waals surface area contributed by atoms with Crippen molar-refractivity contribution in [1.29, 1.82) is 0 Å². The lowest BCUT2D eigenvalue weighted by Crippen LogP contribution is -2.18. The Labute approximate surface area is 104 Å². The number of ether oxygens (including phenoxy) is 1. The fourth-order valence-electron chi connectivity index (χ4n) is 1.26. The maximum atomic E-state index is 11.9. The van der Waals surface area contributed by atoms with Gasteiger partial charge in [0.25, 0.3) is 6.43 Å². The van der Waals surface area contributed by atoms with Crippen LogP contribution in [0.2, 0.25) is 0 Å². The Balaban J connectivity index is 2.42. The van der Waals surface area contributed by atoms with Gasteiger partial charge in [-0.3, -0.25) is 4.79 Å². The molecule has 18 heavy (non-hydrogen) atoms. The number of hydrogen-bond donors (Lipinski definition) is 2. The Kier molecular flexibility index (Phi) is 6.07. The molecule has 1 rings (SSSR count). The summed E-state index contributed by atoms with van der Waals surface area (Å²) in [5.41, 5.74) is 0.612. The van der Waals surface area contributed by atoms with Crippen LogP contribution in [0.5, 0.6) is 5.75 Å². The fraction of sp³-hybridized carbons (Fsp3) is 0.417. The summed E-state index contributed by atoms with van der Waals surface area (Å²) in [6, 6.07) is 6.29. The molecule has 0 bridgehead atoms. The highest BCUT2D eigenvalue weighted by Crippen LogP contribution is 2.16. The van der Waals surface area contributed by atoms with E-state index in [2.05, 4.69) is 10.6 Å². The summed E-state index contributed by atoms with van der Waals surface area (Å²) in [4.78, 5) is 11.4. The largest absolute Gasteiger partial charge is 0.488 e. The first-order valence-corrected chi connectivity index (χ1v) is 5.57. The predicted octanol–water partition coefficient (Wildman–Crippen LogP) is 1.88. The van der Waals surface area contributed by atoms with E-state index in [0.29, 0.717) is 24.4 Å². The summed E-state index contributed by atoms with van der Waals surface area (Å²) in [5.74, 6) is 0.245. The summed E-state index contributed by atoms with van der Waals surface area (Å²) in [5, 5.41) is 5.56. The number of hydrogen-bond acceptors (Lipinski definition) is 3. The summed E-state index contributed by atoms with van der Waals surface area (Å²) < 4.78 is 28.6. The van der Waals surface area contributed by atoms with Gasteiger partial charge in [0.05, 0.1) is 0 Å². The number of rotatable bonds is 7. The van der Waals surface area contributed by atoms with Gasteiger partial charge in [-0.25, -0.2) is 8.78 Å². The average molecular weight is 258 g/mol. The third-order valence-corrected chi connectivity index (χ3v) is 2.12. The SMILES string of the molecule is CNCCC(=O)Nc1ccc(OCC(F)F)cc1. The first-order chi connectivity index (χ1) is 8.61. The number of carbonyl (C=O) groups excluding carboxylic acids is 1. The Morgan fingerprint density at radius 2 is 2.00 bits per heavy atom. The Hall–Kier alpha value is -1.69. The Bertz CT molecular complexity index is 369. The number of halogens is 2. The fourth-order valence-corrected chi connectivity index (χ4v) is 1.26. The second-order valence-electron chi connectivity index (χ2n) is 3.63. The number of anilines is 1. The molecule has 0 saturated heterocycles. The minimum absolute atomic E-state index is 0.106. The van der Waals surface area contributed by atoms with Crippen molar-refractivity contribution in [2.24, 2.45) is 0 Å². The number of nitrogens with one attached hydrogen (secondary N) is 2. The van der Waals surface area contributed by atoms with Crippen LogP contribution >= 0.6 is 0 Å². The molecule has 0 fully saturated rings. The molecule has 1 aromatic carbocycles. The van der Waals surface area contributed by atoms with Crippen LogP contribution in [0.1, 0.15) is 6.42 Å². The van der Waals surface area contributed by atoms with E-state index in [1.807, 2.05) is 0 Å². The number of carbonyl (C=O) groups is 1. The van der Waals surface area contributed by atoms with Crippen LogP contribution in [0.15, 0.2) is 24.3 Å². The van der Waals surface area contributed by atoms with E-state index in [0.717, 1.165) is 0 Å². The van der Waals surface area contributed by atoms with Crippen molar-refractivity contribution in [2.75, 3.05) is 25.5 Å². The summed E-state index contributed by atoms with van der Waals surface area (Å²) in [6.07, 6.45) is -2.12. The van der Waals surface area contributed by atoms with Crippen molar-refractivity contribution < 1.29 is 18.3 Å². The molecule has 0 saturated carbocycles. The van der Waals surface area contributed by atoms with Crippen molar-refractivity contribution in [1.82, 2.24) is 5.32 Å². The molecule has 1 aromatic rings. The van der Waals surface area contributed by atoms with Crippen LogP contribution in [0, 0.1) is 0 Å². The minimum Gasteiger partial charge on any atom is -0.488 e. The molecule has 0 aliphatic heterocycles. The molecule has 0 aromatic heterocycles. The van der Waals surface area contributed by atoms with Crippen molar-refractivity contribution >= 4 is 11.6 Å². The van der Waals surface area contributed by atoms with E-state index in [1.165, 1.54) is 12.1 Å². The zero-order chi connectivity index (χ0) is 13.4. The monoisotopic (exact) mass is 258 g/mol. The lowest BCUT2D eigenvalue weighted by molar-refractivity contribution is -0.116. The second-order valence-corrected chi connectivity index (χ2v) is 3.63. The number of amides is 1. The topological polar surface area (TPSA) is 50.4 Å². The lowest BCUT2D eigenvalue weighted by Gasteiger charge is -2.07. The van der Waals surface area contributed by atoms with Gasteiger partial charge in [0.15, 0.2) is 0 Å². The standard InChI is InChI=1S/C12H16F2N2O2/c1-15-7-6-12(17)16-9-2-4-10(5-3-9)18-8-11(13)14/h2-5,11,15H,6-8H2,1H3,(H,16,17). The van der Waals surface area contributed by atoms with E-state index in [-0.39, 0.29) is 5.91 Å². The van der Waals surface area contributed by atoms with Crippen LogP contribution in [-0.2, 0) is 4.79 Å². The van der Waals surface area contributed by atoms with E-state index < -0.39 is 13.0 Å². The first-order valence-electron chi connectivity index (χ1n) is 5.57. The zero-order valence-electron chi connectivity index (χ0n) is 10.1. The lowest BCUT2D eigenvalue weighted by atomic mass is 10.3. The van der Waals surface area contributed by atoms with Crippen molar-refractivity contribution in [3.8, 4) is 5.75 Å². The summed E-state index contributed by atoms with van der Waals surface area (Å²) in [6.45, 7) is -0.0324. The molecule has 0 aliphatic carbocycles. The van der Waals surface area contributed by atoms with Gasteiger partial charge in [0, 0.05) is 18.7 Å². The average Bonchev–Trinajstić information content (AvgIpc) is 2.35. The van der Waals surface area contributed by atoms with Gasteiger partial charge in [-0.1, -0.05) is 0 Å². The van der Waals surface area contributed by atoms with Gasteiger partial charge in [0.1, 0.15) is 12.4 Å². The van der Waals surface area contributed by atoms with Gasteiger partial charge < -0.3 is 15.4 Å². The summed E-state index contributed by atoms with van der Waals surface area (Å²) in [7, 11) is 1.77. The van der Waals surface area contributed by atoms with Crippen LogP contribution in [0.4, 0.5) is 14.5 Å². The minimum atomic E-state index is -2.49. The molecular weight excluding hydrogens is 242 g/mol. The second kappa shape index (κ2) is 7.60. The van der Waals surface area contributed by atoms with Crippen molar-refractivity contribution in [3.63, 3.8) is 0 Å². The van der Waals surface area contributed by atoms with Gasteiger partial charge >= 0.3 is 0 Å². The molecule has 0 atom stereocenters. The third-order valence-electron chi connectivity index (χ3n) is 2.12. The van der Waals surface area contributed by atoms with E-state index in [9.17, 15) is 13.6 Å². The molecule has 0 spiro atoms. The molecular formula is C12H16F2N2O2. The van der Waals surface area contributed by atoms with Crippen LogP contribution in [0.25, 0.3) is 0 Å². The molecule has 0 unspecified atom stereocenters. The predicted molar refractivity (Wildman–Crippen MR) is 65.1 cm³/mol. The van der Waals surface area contributed by atoms with Crippen molar-refractivity contribution in [2.45, 2.75) is 12.8 Å². The highest BCUT2D eigenvalue weighted by Gasteiger charge is 2.04. The number of alkyl halides is 2.